The van der Waals surface area contributed by atoms with Crippen molar-refractivity contribution in [2.75, 3.05) is 6.54 Å². The third-order valence-corrected chi connectivity index (χ3v) is 5.14. The largest absolute Gasteiger partial charge is 0.351 e. The van der Waals surface area contributed by atoms with Crippen LogP contribution in [0.4, 0.5) is 0 Å². The van der Waals surface area contributed by atoms with Gasteiger partial charge in [0.2, 0.25) is 0 Å². The predicted molar refractivity (Wildman–Crippen MR) is 95.4 cm³/mol. The molecule has 0 radical (unpaired) electrons. The second-order valence-electron chi connectivity index (χ2n) is 5.80. The van der Waals surface area contributed by atoms with E-state index in [2.05, 4.69) is 24.1 Å². The van der Waals surface area contributed by atoms with Gasteiger partial charge >= 0.3 is 0 Å². The number of nitrogens with one attached hydrogen (secondary N) is 1. The molecule has 2 aromatic rings. The van der Waals surface area contributed by atoms with Crippen LogP contribution in [0.15, 0.2) is 11.1 Å². The number of carbonyl (C=O) groups excluding carboxylic acids is 1. The molecule has 23 heavy (non-hydrogen) atoms. The summed E-state index contributed by atoms with van der Waals surface area (Å²) in [6, 6.07) is 0. The van der Waals surface area contributed by atoms with Gasteiger partial charge in [-0.3, -0.25) is 14.2 Å². The third kappa shape index (κ3) is 3.99. The van der Waals surface area contributed by atoms with Crippen molar-refractivity contribution < 1.29 is 4.79 Å². The Hall–Kier alpha value is -1.69. The molecule has 0 spiro atoms. The zero-order chi connectivity index (χ0) is 16.8. The van der Waals surface area contributed by atoms with Gasteiger partial charge in [-0.05, 0) is 25.3 Å². The van der Waals surface area contributed by atoms with E-state index in [0.717, 1.165) is 37.7 Å². The molecule has 0 aromatic carbocycles. The Labute approximate surface area is 140 Å². The minimum atomic E-state index is -0.101. The lowest BCUT2D eigenvalue weighted by Crippen LogP contribution is -2.24. The van der Waals surface area contributed by atoms with Crippen LogP contribution in [-0.2, 0) is 6.54 Å². The minimum Gasteiger partial charge on any atom is -0.351 e. The molecule has 6 heteroatoms. The van der Waals surface area contributed by atoms with Crippen LogP contribution in [0.25, 0.3) is 10.2 Å². The van der Waals surface area contributed by atoms with Crippen molar-refractivity contribution in [3.8, 4) is 0 Å². The fraction of sp³-hybridized carbons (Fsp3) is 0.588. The van der Waals surface area contributed by atoms with E-state index < -0.39 is 0 Å². The Balaban J connectivity index is 2.29. The highest BCUT2D eigenvalue weighted by Gasteiger charge is 2.19. The second-order valence-corrected chi connectivity index (χ2v) is 6.80. The molecule has 0 bridgehead atoms. The average Bonchev–Trinajstić information content (AvgIpc) is 2.87. The van der Waals surface area contributed by atoms with Crippen molar-refractivity contribution in [2.24, 2.45) is 0 Å². The Morgan fingerprint density at radius 1 is 1.26 bits per heavy atom. The fourth-order valence-corrected chi connectivity index (χ4v) is 3.58. The van der Waals surface area contributed by atoms with Crippen LogP contribution in [0, 0.1) is 6.92 Å². The summed E-state index contributed by atoms with van der Waals surface area (Å²) in [5.74, 6) is -0.101. The lowest BCUT2D eigenvalue weighted by molar-refractivity contribution is 0.0956. The highest BCUT2D eigenvalue weighted by atomic mass is 32.1. The van der Waals surface area contributed by atoms with Gasteiger partial charge in [-0.1, -0.05) is 33.1 Å². The van der Waals surface area contributed by atoms with E-state index in [0.29, 0.717) is 28.2 Å². The van der Waals surface area contributed by atoms with Gasteiger partial charge < -0.3 is 5.32 Å². The quantitative estimate of drug-likeness (QED) is 0.751. The number of aryl methyl sites for hydroxylation is 2. The van der Waals surface area contributed by atoms with Gasteiger partial charge in [0.1, 0.15) is 4.83 Å². The summed E-state index contributed by atoms with van der Waals surface area (Å²) in [6.45, 7) is 7.41. The number of fused-ring (bicyclic) bond motifs is 1. The minimum absolute atomic E-state index is 0.0348. The Kier molecular flexibility index (Phi) is 6.33. The topological polar surface area (TPSA) is 64.0 Å². The molecular formula is C17H25N3O2S. The molecule has 0 aliphatic carbocycles. The van der Waals surface area contributed by atoms with Crippen molar-refractivity contribution in [1.82, 2.24) is 14.9 Å². The summed E-state index contributed by atoms with van der Waals surface area (Å²) in [5.41, 5.74) is 0.716. The average molecular weight is 335 g/mol. The Bertz CT molecular complexity index is 733. The second kappa shape index (κ2) is 8.24. The van der Waals surface area contributed by atoms with E-state index in [9.17, 15) is 9.59 Å². The molecule has 1 amide bonds. The number of hydrogen-bond donors (Lipinski definition) is 1. The predicted octanol–water partition coefficient (Wildman–Crippen LogP) is 3.49. The molecule has 2 heterocycles. The van der Waals surface area contributed by atoms with E-state index in [4.69, 9.17) is 0 Å². The van der Waals surface area contributed by atoms with Crippen LogP contribution in [-0.4, -0.2) is 22.0 Å². The summed E-state index contributed by atoms with van der Waals surface area (Å²) < 4.78 is 1.66. The molecule has 1 N–H and O–H groups in total. The molecule has 2 rings (SSSR count). The molecule has 0 fully saturated rings. The van der Waals surface area contributed by atoms with E-state index in [-0.39, 0.29) is 11.5 Å². The maximum atomic E-state index is 12.6. The maximum Gasteiger partial charge on any atom is 0.262 e. The number of nitrogens with zero attached hydrogens (tertiary/aromatic N) is 2. The first-order valence-electron chi connectivity index (χ1n) is 8.36. The first-order chi connectivity index (χ1) is 11.1. The zero-order valence-electron chi connectivity index (χ0n) is 14.1. The molecule has 126 valence electrons. The van der Waals surface area contributed by atoms with Gasteiger partial charge in [0, 0.05) is 13.1 Å². The number of unbranched alkanes of at least 4 members (excludes halogenated alkanes) is 3. The molecule has 0 saturated heterocycles. The number of hydrogen-bond acceptors (Lipinski definition) is 4. The molecular weight excluding hydrogens is 310 g/mol. The molecule has 0 aliphatic heterocycles. The molecule has 5 nitrogen and oxygen atoms in total. The first-order valence-corrected chi connectivity index (χ1v) is 9.18. The summed E-state index contributed by atoms with van der Waals surface area (Å²) in [7, 11) is 0. The van der Waals surface area contributed by atoms with E-state index in [1.807, 2.05) is 6.92 Å². The summed E-state index contributed by atoms with van der Waals surface area (Å²) in [6.07, 6.45) is 6.78. The van der Waals surface area contributed by atoms with Crippen LogP contribution in [0.1, 0.15) is 61.2 Å². The molecule has 0 atom stereocenters. The van der Waals surface area contributed by atoms with Crippen molar-refractivity contribution in [3.63, 3.8) is 0 Å². The Morgan fingerprint density at radius 2 is 2.00 bits per heavy atom. The van der Waals surface area contributed by atoms with E-state index >= 15 is 0 Å². The van der Waals surface area contributed by atoms with Crippen LogP contribution >= 0.6 is 11.3 Å². The van der Waals surface area contributed by atoms with Crippen molar-refractivity contribution in [1.29, 1.82) is 0 Å². The van der Waals surface area contributed by atoms with Crippen LogP contribution < -0.4 is 10.9 Å². The first kappa shape index (κ1) is 17.7. The van der Waals surface area contributed by atoms with Gasteiger partial charge in [0.15, 0.2) is 0 Å². The SMILES string of the molecule is CCCCCn1cnc2sc(C(=O)NCCCC)c(C)c2c1=O. The van der Waals surface area contributed by atoms with E-state index in [1.165, 1.54) is 11.3 Å². The summed E-state index contributed by atoms with van der Waals surface area (Å²) in [4.78, 5) is 30.6. The number of aromatic nitrogens is 2. The molecule has 0 unspecified atom stereocenters. The van der Waals surface area contributed by atoms with Crippen molar-refractivity contribution in [2.45, 2.75) is 59.4 Å². The smallest absolute Gasteiger partial charge is 0.262 e. The molecule has 2 aromatic heterocycles. The standard InChI is InChI=1S/C17H25N3O2S/c1-4-6-8-10-20-11-19-16-13(17(20)22)12(3)14(23-16)15(21)18-9-7-5-2/h11H,4-10H2,1-3H3,(H,18,21). The Morgan fingerprint density at radius 3 is 2.70 bits per heavy atom. The number of thiophene rings is 1. The number of amides is 1. The van der Waals surface area contributed by atoms with Gasteiger partial charge in [-0.25, -0.2) is 4.98 Å². The molecule has 0 aliphatic rings. The maximum absolute atomic E-state index is 12.6. The van der Waals surface area contributed by atoms with Gasteiger partial charge in [-0.15, -0.1) is 11.3 Å². The van der Waals surface area contributed by atoms with Gasteiger partial charge in [-0.2, -0.15) is 0 Å². The van der Waals surface area contributed by atoms with Crippen LogP contribution in [0.2, 0.25) is 0 Å². The third-order valence-electron chi connectivity index (χ3n) is 3.94. The monoisotopic (exact) mass is 335 g/mol. The van der Waals surface area contributed by atoms with Crippen LogP contribution in [0.5, 0.6) is 0 Å². The van der Waals surface area contributed by atoms with Crippen LogP contribution in [0.3, 0.4) is 0 Å². The normalized spacial score (nSPS) is 11.1. The zero-order valence-corrected chi connectivity index (χ0v) is 15.0. The van der Waals surface area contributed by atoms with E-state index in [1.54, 1.807) is 10.9 Å². The van der Waals surface area contributed by atoms with Gasteiger partial charge in [0.25, 0.3) is 11.5 Å². The number of rotatable bonds is 8. The summed E-state index contributed by atoms with van der Waals surface area (Å²) in [5, 5.41) is 3.50. The highest BCUT2D eigenvalue weighted by molar-refractivity contribution is 7.20. The molecule has 0 saturated carbocycles. The van der Waals surface area contributed by atoms with Gasteiger partial charge in [0.05, 0.1) is 16.6 Å². The van der Waals surface area contributed by atoms with Crippen molar-refractivity contribution in [3.05, 3.63) is 27.1 Å². The summed E-state index contributed by atoms with van der Waals surface area (Å²) >= 11 is 1.30. The lowest BCUT2D eigenvalue weighted by Gasteiger charge is -2.04. The van der Waals surface area contributed by atoms with Crippen molar-refractivity contribution >= 4 is 27.5 Å². The fourth-order valence-electron chi connectivity index (χ4n) is 2.53. The number of carbonyl (C=O) groups is 1. The lowest BCUT2D eigenvalue weighted by atomic mass is 10.2. The highest BCUT2D eigenvalue weighted by Crippen LogP contribution is 2.26.